The van der Waals surface area contributed by atoms with Crippen LogP contribution in [0.1, 0.15) is 16.8 Å². The molecule has 19 heavy (non-hydrogen) atoms. The Bertz CT molecular complexity index is 594. The molecule has 1 aromatic rings. The number of benzene rings is 1. The summed E-state index contributed by atoms with van der Waals surface area (Å²) in [4.78, 5) is 36.0. The summed E-state index contributed by atoms with van der Waals surface area (Å²) in [7, 11) is 0. The van der Waals surface area contributed by atoms with Crippen LogP contribution in [0.5, 0.6) is 0 Å². The number of rotatable bonds is 3. The van der Waals surface area contributed by atoms with Gasteiger partial charge in [0.15, 0.2) is 5.78 Å². The largest absolute Gasteiger partial charge is 0.292 e. The molecule has 2 fully saturated rings. The van der Waals surface area contributed by atoms with Gasteiger partial charge in [0, 0.05) is 0 Å². The van der Waals surface area contributed by atoms with Crippen LogP contribution >= 0.6 is 0 Å². The number of imide groups is 1. The summed E-state index contributed by atoms with van der Waals surface area (Å²) in [5.41, 5.74) is -0.443. The highest BCUT2D eigenvalue weighted by Crippen LogP contribution is 2.46. The molecule has 0 aromatic heterocycles. The lowest BCUT2D eigenvalue weighted by Crippen LogP contribution is -2.37. The Balaban J connectivity index is 1.80. The number of fused-ring (bicyclic) bond motifs is 1. The van der Waals surface area contributed by atoms with Crippen LogP contribution in [0.4, 0.5) is 8.78 Å². The van der Waals surface area contributed by atoms with Crippen molar-refractivity contribution in [1.29, 1.82) is 0 Å². The summed E-state index contributed by atoms with van der Waals surface area (Å²) in [6.45, 7) is -0.523. The molecule has 0 radical (unpaired) electrons. The molecule has 98 valence electrons. The van der Waals surface area contributed by atoms with E-state index in [-0.39, 0.29) is 23.7 Å². The highest BCUT2D eigenvalue weighted by molar-refractivity contribution is 6.12. The molecule has 0 N–H and O–H groups in total. The minimum atomic E-state index is -0.865. The third kappa shape index (κ3) is 1.83. The van der Waals surface area contributed by atoms with Crippen LogP contribution < -0.4 is 0 Å². The van der Waals surface area contributed by atoms with Crippen LogP contribution in [-0.4, -0.2) is 29.0 Å². The Morgan fingerprint density at radius 1 is 1.21 bits per heavy atom. The first-order valence-corrected chi connectivity index (χ1v) is 5.82. The fourth-order valence-corrected chi connectivity index (χ4v) is 2.35. The second kappa shape index (κ2) is 3.94. The first-order valence-electron chi connectivity index (χ1n) is 5.82. The number of carbonyl (C=O) groups is 3. The molecule has 2 unspecified atom stereocenters. The minimum absolute atomic E-state index is 0.308. The molecule has 1 saturated carbocycles. The SMILES string of the molecule is O=C(CN1C(=O)C2CC2C1=O)c1cc(F)ccc1F. The lowest BCUT2D eigenvalue weighted by atomic mass is 10.1. The smallest absolute Gasteiger partial charge is 0.233 e. The predicted molar refractivity (Wildman–Crippen MR) is 59.0 cm³/mol. The average molecular weight is 265 g/mol. The highest BCUT2D eigenvalue weighted by Gasteiger charge is 2.59. The monoisotopic (exact) mass is 265 g/mol. The number of Topliss-reactive ketones (excluding diaryl/α,β-unsaturated/α-hetero) is 1. The predicted octanol–water partition coefficient (Wildman–Crippen LogP) is 1.15. The topological polar surface area (TPSA) is 54.5 Å². The lowest BCUT2D eigenvalue weighted by molar-refractivity contribution is -0.140. The summed E-state index contributed by atoms with van der Waals surface area (Å²) in [5.74, 6) is -3.78. The van der Waals surface area contributed by atoms with E-state index in [4.69, 9.17) is 0 Å². The molecule has 2 atom stereocenters. The molecule has 1 aliphatic heterocycles. The van der Waals surface area contributed by atoms with Crippen molar-refractivity contribution in [3.63, 3.8) is 0 Å². The summed E-state index contributed by atoms with van der Waals surface area (Å²) < 4.78 is 26.4. The van der Waals surface area contributed by atoms with Gasteiger partial charge in [-0.1, -0.05) is 0 Å². The number of nitrogens with zero attached hydrogens (tertiary/aromatic N) is 1. The van der Waals surface area contributed by atoms with E-state index in [1.54, 1.807) is 0 Å². The van der Waals surface area contributed by atoms with Crippen molar-refractivity contribution in [2.24, 2.45) is 11.8 Å². The van der Waals surface area contributed by atoms with Gasteiger partial charge >= 0.3 is 0 Å². The van der Waals surface area contributed by atoms with E-state index in [9.17, 15) is 23.2 Å². The number of carbonyl (C=O) groups excluding carboxylic acids is 3. The molecule has 2 amide bonds. The van der Waals surface area contributed by atoms with Crippen LogP contribution in [0.2, 0.25) is 0 Å². The van der Waals surface area contributed by atoms with Gasteiger partial charge in [0.2, 0.25) is 11.8 Å². The van der Waals surface area contributed by atoms with Gasteiger partial charge in [-0.15, -0.1) is 0 Å². The van der Waals surface area contributed by atoms with E-state index in [1.165, 1.54) is 0 Å². The van der Waals surface area contributed by atoms with Crippen molar-refractivity contribution in [3.05, 3.63) is 35.4 Å². The van der Waals surface area contributed by atoms with E-state index < -0.39 is 29.5 Å². The maximum Gasteiger partial charge on any atom is 0.233 e. The summed E-state index contributed by atoms with van der Waals surface area (Å²) >= 11 is 0. The number of halogens is 2. The highest BCUT2D eigenvalue weighted by atomic mass is 19.1. The zero-order valence-corrected chi connectivity index (χ0v) is 9.73. The van der Waals surface area contributed by atoms with Crippen molar-refractivity contribution in [1.82, 2.24) is 4.90 Å². The third-order valence-electron chi connectivity index (χ3n) is 3.49. The van der Waals surface area contributed by atoms with E-state index in [0.717, 1.165) is 23.1 Å². The normalized spacial score (nSPS) is 24.6. The second-order valence-corrected chi connectivity index (χ2v) is 4.76. The molecule has 3 rings (SSSR count). The lowest BCUT2D eigenvalue weighted by Gasteiger charge is -2.15. The van der Waals surface area contributed by atoms with Gasteiger partial charge in [0.1, 0.15) is 11.6 Å². The minimum Gasteiger partial charge on any atom is -0.292 e. The van der Waals surface area contributed by atoms with Gasteiger partial charge in [-0.2, -0.15) is 0 Å². The van der Waals surface area contributed by atoms with E-state index in [2.05, 4.69) is 0 Å². The second-order valence-electron chi connectivity index (χ2n) is 4.76. The fourth-order valence-electron chi connectivity index (χ4n) is 2.35. The van der Waals surface area contributed by atoms with E-state index >= 15 is 0 Å². The molecular weight excluding hydrogens is 256 g/mol. The van der Waals surface area contributed by atoms with Crippen LogP contribution in [0.25, 0.3) is 0 Å². The fraction of sp³-hybridized carbons (Fsp3) is 0.308. The van der Waals surface area contributed by atoms with Crippen LogP contribution in [0.3, 0.4) is 0 Å². The average Bonchev–Trinajstić information content (AvgIpc) is 3.13. The Hall–Kier alpha value is -2.11. The summed E-state index contributed by atoms with van der Waals surface area (Å²) in [6, 6.07) is 2.50. The molecule has 0 bridgehead atoms. The van der Waals surface area contributed by atoms with E-state index in [1.807, 2.05) is 0 Å². The number of likely N-dealkylation sites (tertiary alicyclic amines) is 1. The molecule has 4 nitrogen and oxygen atoms in total. The number of hydrogen-bond donors (Lipinski definition) is 0. The van der Waals surface area contributed by atoms with Gasteiger partial charge in [-0.25, -0.2) is 8.78 Å². The number of amides is 2. The van der Waals surface area contributed by atoms with Gasteiger partial charge in [0.05, 0.1) is 23.9 Å². The molecule has 1 aromatic carbocycles. The number of piperidine rings is 1. The zero-order valence-electron chi connectivity index (χ0n) is 9.73. The Kier molecular flexibility index (Phi) is 2.48. The van der Waals surface area contributed by atoms with Crippen molar-refractivity contribution < 1.29 is 23.2 Å². The molecule has 1 saturated heterocycles. The Morgan fingerprint density at radius 2 is 1.84 bits per heavy atom. The van der Waals surface area contributed by atoms with Crippen LogP contribution in [-0.2, 0) is 9.59 Å². The maximum absolute atomic E-state index is 13.4. The Labute approximate surface area is 107 Å². The van der Waals surface area contributed by atoms with Crippen molar-refractivity contribution in [2.45, 2.75) is 6.42 Å². The molecular formula is C13H9F2NO3. The zero-order chi connectivity index (χ0) is 13.7. The van der Waals surface area contributed by atoms with Crippen LogP contribution in [0.15, 0.2) is 18.2 Å². The van der Waals surface area contributed by atoms with Crippen molar-refractivity contribution >= 4 is 17.6 Å². The molecule has 1 aliphatic carbocycles. The molecule has 1 heterocycles. The van der Waals surface area contributed by atoms with Crippen molar-refractivity contribution in [3.8, 4) is 0 Å². The first kappa shape index (κ1) is 12.0. The number of hydrogen-bond acceptors (Lipinski definition) is 3. The van der Waals surface area contributed by atoms with Crippen molar-refractivity contribution in [2.75, 3.05) is 6.54 Å². The Morgan fingerprint density at radius 3 is 2.47 bits per heavy atom. The third-order valence-corrected chi connectivity index (χ3v) is 3.49. The van der Waals surface area contributed by atoms with Crippen LogP contribution in [0, 0.1) is 23.5 Å². The van der Waals surface area contributed by atoms with Gasteiger partial charge in [-0.05, 0) is 24.6 Å². The summed E-state index contributed by atoms with van der Waals surface area (Å²) in [6.07, 6.45) is 0.538. The van der Waals surface area contributed by atoms with Gasteiger partial charge < -0.3 is 0 Å². The molecule has 6 heteroatoms. The van der Waals surface area contributed by atoms with Gasteiger partial charge in [0.25, 0.3) is 0 Å². The summed E-state index contributed by atoms with van der Waals surface area (Å²) in [5, 5.41) is 0. The number of ketones is 1. The standard InChI is InChI=1S/C13H9F2NO3/c14-6-1-2-10(15)9(3-6)11(17)5-16-12(18)7-4-8(7)13(16)19/h1-3,7-8H,4-5H2. The molecule has 0 spiro atoms. The first-order chi connectivity index (χ1) is 8.99. The van der Waals surface area contributed by atoms with E-state index in [0.29, 0.717) is 6.42 Å². The molecule has 2 aliphatic rings. The quantitative estimate of drug-likeness (QED) is 0.608. The maximum atomic E-state index is 13.4. The van der Waals surface area contributed by atoms with Gasteiger partial charge in [-0.3, -0.25) is 19.3 Å².